The Kier molecular flexibility index (Phi) is 2.18. The standard InChI is InChI=1S/C11H7BrN4/c12-9-3-1-2-8(6-9)11-15-14-10-7-13-4-5-16(10)11/h1-7H. The first-order chi connectivity index (χ1) is 7.84. The minimum Gasteiger partial charge on any atom is -0.280 e. The van der Waals surface area contributed by atoms with Gasteiger partial charge in [0.05, 0.1) is 6.20 Å². The lowest BCUT2D eigenvalue weighted by Gasteiger charge is -1.99. The highest BCUT2D eigenvalue weighted by molar-refractivity contribution is 9.10. The van der Waals surface area contributed by atoms with E-state index in [0.717, 1.165) is 21.5 Å². The molecule has 1 aromatic carbocycles. The van der Waals surface area contributed by atoms with Crippen molar-refractivity contribution in [1.82, 2.24) is 19.6 Å². The molecule has 0 spiro atoms. The summed E-state index contributed by atoms with van der Waals surface area (Å²) in [7, 11) is 0. The van der Waals surface area contributed by atoms with Gasteiger partial charge in [0.1, 0.15) is 0 Å². The molecular formula is C11H7BrN4. The van der Waals surface area contributed by atoms with Crippen LogP contribution < -0.4 is 0 Å². The molecule has 0 aliphatic rings. The highest BCUT2D eigenvalue weighted by Gasteiger charge is 2.07. The van der Waals surface area contributed by atoms with Crippen LogP contribution in [0.4, 0.5) is 0 Å². The molecule has 3 aromatic rings. The minimum absolute atomic E-state index is 0.748. The topological polar surface area (TPSA) is 43.1 Å². The first-order valence-corrected chi connectivity index (χ1v) is 5.54. The molecule has 0 amide bonds. The van der Waals surface area contributed by atoms with E-state index in [9.17, 15) is 0 Å². The van der Waals surface area contributed by atoms with Crippen LogP contribution in [0.25, 0.3) is 17.0 Å². The van der Waals surface area contributed by atoms with Crippen molar-refractivity contribution in [3.8, 4) is 11.4 Å². The maximum absolute atomic E-state index is 4.16. The smallest absolute Gasteiger partial charge is 0.179 e. The Labute approximate surface area is 100 Å². The normalized spacial score (nSPS) is 10.8. The van der Waals surface area contributed by atoms with Gasteiger partial charge in [-0.05, 0) is 12.1 Å². The quantitative estimate of drug-likeness (QED) is 0.685. The number of benzene rings is 1. The zero-order valence-corrected chi connectivity index (χ0v) is 9.79. The third-order valence-electron chi connectivity index (χ3n) is 2.30. The Balaban J connectivity index is 2.26. The van der Waals surface area contributed by atoms with Crippen molar-refractivity contribution in [1.29, 1.82) is 0 Å². The minimum atomic E-state index is 0.748. The average molecular weight is 275 g/mol. The third kappa shape index (κ3) is 1.49. The molecule has 0 aliphatic heterocycles. The monoisotopic (exact) mass is 274 g/mol. The summed E-state index contributed by atoms with van der Waals surface area (Å²) in [5.74, 6) is 0.818. The average Bonchev–Trinajstić information content (AvgIpc) is 2.72. The summed E-state index contributed by atoms with van der Waals surface area (Å²) in [6.45, 7) is 0. The van der Waals surface area contributed by atoms with Crippen LogP contribution in [0.3, 0.4) is 0 Å². The van der Waals surface area contributed by atoms with Gasteiger partial charge in [0.25, 0.3) is 0 Å². The lowest BCUT2D eigenvalue weighted by atomic mass is 10.2. The van der Waals surface area contributed by atoms with E-state index in [1.54, 1.807) is 12.4 Å². The molecule has 0 N–H and O–H groups in total. The molecule has 0 unspecified atom stereocenters. The third-order valence-corrected chi connectivity index (χ3v) is 2.79. The Bertz CT molecular complexity index is 647. The summed E-state index contributed by atoms with van der Waals surface area (Å²) >= 11 is 3.44. The van der Waals surface area contributed by atoms with Crippen molar-refractivity contribution >= 4 is 21.6 Å². The Morgan fingerprint density at radius 2 is 2.12 bits per heavy atom. The van der Waals surface area contributed by atoms with E-state index >= 15 is 0 Å². The number of hydrogen-bond acceptors (Lipinski definition) is 3. The SMILES string of the molecule is Brc1cccc(-c2nnc3cnccn23)c1. The molecule has 0 bridgehead atoms. The lowest BCUT2D eigenvalue weighted by Crippen LogP contribution is -1.89. The molecule has 4 nitrogen and oxygen atoms in total. The van der Waals surface area contributed by atoms with E-state index in [-0.39, 0.29) is 0 Å². The lowest BCUT2D eigenvalue weighted by molar-refractivity contribution is 1.11. The van der Waals surface area contributed by atoms with E-state index in [4.69, 9.17) is 0 Å². The molecule has 3 rings (SSSR count). The van der Waals surface area contributed by atoms with Gasteiger partial charge in [0.2, 0.25) is 0 Å². The highest BCUT2D eigenvalue weighted by atomic mass is 79.9. The van der Waals surface area contributed by atoms with Crippen LogP contribution in [0, 0.1) is 0 Å². The first kappa shape index (κ1) is 9.47. The molecule has 16 heavy (non-hydrogen) atoms. The Morgan fingerprint density at radius 1 is 1.19 bits per heavy atom. The van der Waals surface area contributed by atoms with Gasteiger partial charge < -0.3 is 0 Å². The van der Waals surface area contributed by atoms with E-state index < -0.39 is 0 Å². The summed E-state index contributed by atoms with van der Waals surface area (Å²) in [6, 6.07) is 7.97. The second-order valence-corrected chi connectivity index (χ2v) is 4.25. The summed E-state index contributed by atoms with van der Waals surface area (Å²) in [5, 5.41) is 8.22. The van der Waals surface area contributed by atoms with Gasteiger partial charge in [-0.3, -0.25) is 9.38 Å². The van der Waals surface area contributed by atoms with Crippen LogP contribution >= 0.6 is 15.9 Å². The fourth-order valence-corrected chi connectivity index (χ4v) is 1.98. The molecule has 0 saturated heterocycles. The zero-order valence-electron chi connectivity index (χ0n) is 8.21. The van der Waals surface area contributed by atoms with Gasteiger partial charge >= 0.3 is 0 Å². The van der Waals surface area contributed by atoms with Gasteiger partial charge in [0.15, 0.2) is 11.5 Å². The van der Waals surface area contributed by atoms with Crippen LogP contribution in [-0.4, -0.2) is 19.6 Å². The molecule has 5 heteroatoms. The van der Waals surface area contributed by atoms with Crippen molar-refractivity contribution in [3.63, 3.8) is 0 Å². The van der Waals surface area contributed by atoms with Gasteiger partial charge in [0, 0.05) is 22.4 Å². The summed E-state index contributed by atoms with van der Waals surface area (Å²) in [6.07, 6.45) is 5.26. The van der Waals surface area contributed by atoms with Crippen molar-refractivity contribution in [2.24, 2.45) is 0 Å². The van der Waals surface area contributed by atoms with E-state index in [0.29, 0.717) is 0 Å². The van der Waals surface area contributed by atoms with Gasteiger partial charge in [-0.15, -0.1) is 10.2 Å². The highest BCUT2D eigenvalue weighted by Crippen LogP contribution is 2.21. The molecule has 0 aliphatic carbocycles. The fraction of sp³-hybridized carbons (Fsp3) is 0. The van der Waals surface area contributed by atoms with Crippen LogP contribution in [0.5, 0.6) is 0 Å². The van der Waals surface area contributed by atoms with E-state index in [1.807, 2.05) is 34.9 Å². The molecule has 78 valence electrons. The molecule has 0 atom stereocenters. The first-order valence-electron chi connectivity index (χ1n) is 4.75. The number of halogens is 1. The Morgan fingerprint density at radius 3 is 3.00 bits per heavy atom. The van der Waals surface area contributed by atoms with Gasteiger partial charge in [-0.2, -0.15) is 0 Å². The molecule has 0 fully saturated rings. The van der Waals surface area contributed by atoms with Crippen LogP contribution in [-0.2, 0) is 0 Å². The molecular weight excluding hydrogens is 268 g/mol. The van der Waals surface area contributed by atoms with Crippen LogP contribution in [0.15, 0.2) is 47.3 Å². The second-order valence-electron chi connectivity index (χ2n) is 3.34. The summed E-state index contributed by atoms with van der Waals surface area (Å²) < 4.78 is 2.94. The second kappa shape index (κ2) is 3.68. The van der Waals surface area contributed by atoms with Crippen LogP contribution in [0.2, 0.25) is 0 Å². The summed E-state index contributed by atoms with van der Waals surface area (Å²) in [5.41, 5.74) is 1.77. The molecule has 2 heterocycles. The molecule has 0 saturated carbocycles. The number of aromatic nitrogens is 4. The number of fused-ring (bicyclic) bond motifs is 1. The number of nitrogens with zero attached hydrogens (tertiary/aromatic N) is 4. The predicted molar refractivity (Wildman–Crippen MR) is 63.9 cm³/mol. The Hall–Kier alpha value is -1.75. The van der Waals surface area contributed by atoms with Gasteiger partial charge in [-0.1, -0.05) is 28.1 Å². The van der Waals surface area contributed by atoms with Crippen LogP contribution in [0.1, 0.15) is 0 Å². The number of rotatable bonds is 1. The molecule has 2 aromatic heterocycles. The van der Waals surface area contributed by atoms with Crippen molar-refractivity contribution in [2.45, 2.75) is 0 Å². The van der Waals surface area contributed by atoms with E-state index in [2.05, 4.69) is 31.1 Å². The molecule has 0 radical (unpaired) electrons. The summed E-state index contributed by atoms with van der Waals surface area (Å²) in [4.78, 5) is 4.00. The van der Waals surface area contributed by atoms with Crippen molar-refractivity contribution in [2.75, 3.05) is 0 Å². The number of hydrogen-bond donors (Lipinski definition) is 0. The zero-order chi connectivity index (χ0) is 11.0. The maximum atomic E-state index is 4.16. The fourth-order valence-electron chi connectivity index (χ4n) is 1.58. The largest absolute Gasteiger partial charge is 0.280 e. The predicted octanol–water partition coefficient (Wildman–Crippen LogP) is 2.55. The van der Waals surface area contributed by atoms with Crippen molar-refractivity contribution in [3.05, 3.63) is 47.3 Å². The maximum Gasteiger partial charge on any atom is 0.179 e. The van der Waals surface area contributed by atoms with E-state index in [1.165, 1.54) is 0 Å². The van der Waals surface area contributed by atoms with Crippen molar-refractivity contribution < 1.29 is 0 Å². The van der Waals surface area contributed by atoms with Gasteiger partial charge in [-0.25, -0.2) is 0 Å².